The fraction of sp³-hybridized carbons (Fsp3) is 0.786. The summed E-state index contributed by atoms with van der Waals surface area (Å²) in [5.74, 6) is 0.700. The Hall–Kier alpha value is -0.870. The van der Waals surface area contributed by atoms with E-state index in [2.05, 4.69) is 49.2 Å². The molecule has 1 aromatic rings. The lowest BCUT2D eigenvalue weighted by Crippen LogP contribution is -2.52. The first-order valence-electron chi connectivity index (χ1n) is 7.07. The number of aryl methyl sites for hydroxylation is 2. The van der Waals surface area contributed by atoms with Gasteiger partial charge >= 0.3 is 0 Å². The van der Waals surface area contributed by atoms with E-state index in [9.17, 15) is 0 Å². The molecule has 1 aliphatic rings. The molecule has 0 bridgehead atoms. The first-order chi connectivity index (χ1) is 8.60. The number of nitrogens with zero attached hydrogens (tertiary/aromatic N) is 3. The molecule has 1 N–H and O–H groups in total. The maximum Gasteiger partial charge on any atom is 0.0625 e. The second kappa shape index (κ2) is 5.85. The van der Waals surface area contributed by atoms with Crippen LogP contribution in [0.15, 0.2) is 6.07 Å². The highest BCUT2D eigenvalue weighted by Crippen LogP contribution is 2.12. The van der Waals surface area contributed by atoms with Crippen LogP contribution >= 0.6 is 0 Å². The van der Waals surface area contributed by atoms with Crippen molar-refractivity contribution in [3.05, 3.63) is 17.5 Å². The number of hydrogen-bond donors (Lipinski definition) is 1. The average molecular weight is 250 g/mol. The quantitative estimate of drug-likeness (QED) is 0.877. The van der Waals surface area contributed by atoms with E-state index in [-0.39, 0.29) is 0 Å². The largest absolute Gasteiger partial charge is 0.311 e. The summed E-state index contributed by atoms with van der Waals surface area (Å²) in [7, 11) is 2.05. The van der Waals surface area contributed by atoms with E-state index < -0.39 is 0 Å². The standard InChI is InChI=1S/C14H26N4/c1-5-12-8-13(17(4)16-12)9-18-7-6-15-14(10-18)11(2)3/h8,11,14-15H,5-7,9-10H2,1-4H3. The first kappa shape index (κ1) is 13.6. The summed E-state index contributed by atoms with van der Waals surface area (Å²) in [6, 6.07) is 2.87. The maximum absolute atomic E-state index is 4.52. The van der Waals surface area contributed by atoms with Gasteiger partial charge < -0.3 is 5.32 Å². The van der Waals surface area contributed by atoms with Crippen molar-refractivity contribution >= 4 is 0 Å². The summed E-state index contributed by atoms with van der Waals surface area (Å²) in [6.45, 7) is 11.1. The van der Waals surface area contributed by atoms with Crippen LogP contribution in [0.5, 0.6) is 0 Å². The average Bonchev–Trinajstić information content (AvgIpc) is 2.70. The third-order valence-corrected chi connectivity index (χ3v) is 3.87. The third-order valence-electron chi connectivity index (χ3n) is 3.87. The highest BCUT2D eigenvalue weighted by Gasteiger charge is 2.22. The monoisotopic (exact) mass is 250 g/mol. The number of hydrogen-bond acceptors (Lipinski definition) is 3. The summed E-state index contributed by atoms with van der Waals surface area (Å²) >= 11 is 0. The molecule has 1 fully saturated rings. The highest BCUT2D eigenvalue weighted by atomic mass is 15.3. The Morgan fingerprint density at radius 2 is 2.28 bits per heavy atom. The first-order valence-corrected chi connectivity index (χ1v) is 7.07. The van der Waals surface area contributed by atoms with Crippen LogP contribution in [-0.2, 0) is 20.0 Å². The zero-order chi connectivity index (χ0) is 13.1. The fourth-order valence-electron chi connectivity index (χ4n) is 2.55. The predicted molar refractivity (Wildman–Crippen MR) is 74.5 cm³/mol. The molecule has 1 aromatic heterocycles. The summed E-state index contributed by atoms with van der Waals surface area (Å²) in [5.41, 5.74) is 2.53. The minimum Gasteiger partial charge on any atom is -0.311 e. The second-order valence-electron chi connectivity index (χ2n) is 5.64. The van der Waals surface area contributed by atoms with E-state index in [4.69, 9.17) is 0 Å². The molecule has 1 aliphatic heterocycles. The van der Waals surface area contributed by atoms with E-state index in [0.29, 0.717) is 12.0 Å². The van der Waals surface area contributed by atoms with Crippen LogP contribution in [-0.4, -0.2) is 40.4 Å². The van der Waals surface area contributed by atoms with Gasteiger partial charge in [0.05, 0.1) is 11.4 Å². The summed E-state index contributed by atoms with van der Waals surface area (Å²) in [6.07, 6.45) is 1.02. The molecule has 0 aromatic carbocycles. The molecular formula is C14H26N4. The van der Waals surface area contributed by atoms with Crippen LogP contribution < -0.4 is 5.32 Å². The van der Waals surface area contributed by atoms with Gasteiger partial charge in [-0.25, -0.2) is 0 Å². The van der Waals surface area contributed by atoms with Crippen molar-refractivity contribution in [1.82, 2.24) is 20.0 Å². The Bertz CT molecular complexity index is 383. The van der Waals surface area contributed by atoms with E-state index in [1.54, 1.807) is 0 Å². The van der Waals surface area contributed by atoms with Crippen LogP contribution in [0, 0.1) is 5.92 Å². The van der Waals surface area contributed by atoms with Crippen molar-refractivity contribution in [2.75, 3.05) is 19.6 Å². The van der Waals surface area contributed by atoms with Crippen molar-refractivity contribution in [3.63, 3.8) is 0 Å². The Kier molecular flexibility index (Phi) is 4.40. The van der Waals surface area contributed by atoms with Gasteiger partial charge in [-0.05, 0) is 18.4 Å². The molecule has 1 saturated heterocycles. The van der Waals surface area contributed by atoms with Crippen molar-refractivity contribution in [2.24, 2.45) is 13.0 Å². The SMILES string of the molecule is CCc1cc(CN2CCNC(C(C)C)C2)n(C)n1. The van der Waals surface area contributed by atoms with E-state index >= 15 is 0 Å². The van der Waals surface area contributed by atoms with Crippen molar-refractivity contribution in [1.29, 1.82) is 0 Å². The van der Waals surface area contributed by atoms with Gasteiger partial charge in [0.2, 0.25) is 0 Å². The van der Waals surface area contributed by atoms with Gasteiger partial charge in [0.25, 0.3) is 0 Å². The Morgan fingerprint density at radius 1 is 1.50 bits per heavy atom. The molecule has 2 rings (SSSR count). The van der Waals surface area contributed by atoms with Crippen LogP contribution in [0.1, 0.15) is 32.2 Å². The van der Waals surface area contributed by atoms with Crippen molar-refractivity contribution < 1.29 is 0 Å². The van der Waals surface area contributed by atoms with Gasteiger partial charge in [-0.2, -0.15) is 5.10 Å². The van der Waals surface area contributed by atoms with E-state index in [1.807, 2.05) is 4.68 Å². The Labute approximate surface area is 110 Å². The molecular weight excluding hydrogens is 224 g/mol. The topological polar surface area (TPSA) is 33.1 Å². The van der Waals surface area contributed by atoms with Gasteiger partial charge in [-0.15, -0.1) is 0 Å². The molecule has 0 spiro atoms. The minimum atomic E-state index is 0.623. The summed E-state index contributed by atoms with van der Waals surface area (Å²) < 4.78 is 2.03. The number of piperazine rings is 1. The molecule has 102 valence electrons. The van der Waals surface area contributed by atoms with Gasteiger partial charge in [0, 0.05) is 39.3 Å². The van der Waals surface area contributed by atoms with Gasteiger partial charge in [-0.3, -0.25) is 9.58 Å². The second-order valence-corrected chi connectivity index (χ2v) is 5.64. The lowest BCUT2D eigenvalue weighted by Gasteiger charge is -2.35. The van der Waals surface area contributed by atoms with Crippen LogP contribution in [0.3, 0.4) is 0 Å². The van der Waals surface area contributed by atoms with Crippen molar-refractivity contribution in [2.45, 2.75) is 39.8 Å². The smallest absolute Gasteiger partial charge is 0.0625 e. The normalized spacial score (nSPS) is 21.7. The lowest BCUT2D eigenvalue weighted by atomic mass is 10.0. The zero-order valence-electron chi connectivity index (χ0n) is 12.1. The molecule has 0 radical (unpaired) electrons. The van der Waals surface area contributed by atoms with E-state index in [1.165, 1.54) is 11.4 Å². The van der Waals surface area contributed by atoms with Crippen LogP contribution in [0.25, 0.3) is 0 Å². The van der Waals surface area contributed by atoms with Gasteiger partial charge in [-0.1, -0.05) is 20.8 Å². The Morgan fingerprint density at radius 3 is 2.89 bits per heavy atom. The fourth-order valence-corrected chi connectivity index (χ4v) is 2.55. The number of nitrogens with one attached hydrogen (secondary N) is 1. The molecule has 0 aliphatic carbocycles. The third kappa shape index (κ3) is 3.12. The number of aromatic nitrogens is 2. The molecule has 4 heteroatoms. The molecule has 1 atom stereocenters. The summed E-state index contributed by atoms with van der Waals surface area (Å²) in [5, 5.41) is 8.12. The summed E-state index contributed by atoms with van der Waals surface area (Å²) in [4.78, 5) is 2.54. The Balaban J connectivity index is 1.98. The molecule has 0 saturated carbocycles. The minimum absolute atomic E-state index is 0.623. The highest BCUT2D eigenvalue weighted by molar-refractivity contribution is 5.10. The zero-order valence-corrected chi connectivity index (χ0v) is 12.1. The van der Waals surface area contributed by atoms with Crippen LogP contribution in [0.4, 0.5) is 0 Å². The molecule has 1 unspecified atom stereocenters. The maximum atomic E-state index is 4.52. The predicted octanol–water partition coefficient (Wildman–Crippen LogP) is 1.41. The van der Waals surface area contributed by atoms with Crippen molar-refractivity contribution in [3.8, 4) is 0 Å². The van der Waals surface area contributed by atoms with E-state index in [0.717, 1.165) is 32.6 Å². The molecule has 18 heavy (non-hydrogen) atoms. The number of rotatable bonds is 4. The lowest BCUT2D eigenvalue weighted by molar-refractivity contribution is 0.165. The molecule has 0 amide bonds. The van der Waals surface area contributed by atoms with Gasteiger partial charge in [0.15, 0.2) is 0 Å². The molecule has 2 heterocycles. The molecule has 4 nitrogen and oxygen atoms in total. The van der Waals surface area contributed by atoms with Crippen LogP contribution in [0.2, 0.25) is 0 Å². The van der Waals surface area contributed by atoms with Gasteiger partial charge in [0.1, 0.15) is 0 Å².